The molecule has 0 bridgehead atoms. The second-order valence-corrected chi connectivity index (χ2v) is 8.52. The molecule has 7 heteroatoms. The molecular formula is C25H23N3O3S. The van der Waals surface area contributed by atoms with E-state index in [2.05, 4.69) is 15.5 Å². The third-order valence-electron chi connectivity index (χ3n) is 4.72. The van der Waals surface area contributed by atoms with Crippen LogP contribution >= 0.6 is 11.8 Å². The maximum Gasteiger partial charge on any atom is 0.277 e. The van der Waals surface area contributed by atoms with Crippen LogP contribution in [0.25, 0.3) is 11.1 Å². The summed E-state index contributed by atoms with van der Waals surface area (Å²) in [5.41, 5.74) is 3.87. The number of para-hydroxylation sites is 1. The number of nitrogens with zero attached hydrogens (tertiary/aromatic N) is 2. The second-order valence-electron chi connectivity index (χ2n) is 7.23. The number of aromatic nitrogens is 2. The lowest BCUT2D eigenvalue weighted by Gasteiger charge is -2.14. The van der Waals surface area contributed by atoms with Crippen molar-refractivity contribution in [3.8, 4) is 16.9 Å². The van der Waals surface area contributed by atoms with Crippen LogP contribution in [0.3, 0.4) is 0 Å². The number of hydrogen-bond donors (Lipinski definition) is 1. The molecule has 4 rings (SSSR count). The quantitative estimate of drug-likeness (QED) is 0.348. The molecule has 1 heterocycles. The summed E-state index contributed by atoms with van der Waals surface area (Å²) in [6.45, 7) is 3.97. The van der Waals surface area contributed by atoms with E-state index >= 15 is 0 Å². The standard InChI is InChI=1S/C25H23N3O3S/c1-17-9-8-12-20(15-17)30-16-23-27-28-25(31-23)32-18(2)24(29)26-22-14-7-6-13-21(22)19-10-4-3-5-11-19/h3-15,18H,16H2,1-2H3,(H,26,29). The molecule has 1 unspecified atom stereocenters. The monoisotopic (exact) mass is 445 g/mol. The van der Waals surface area contributed by atoms with Gasteiger partial charge in [-0.3, -0.25) is 4.79 Å². The highest BCUT2D eigenvalue weighted by Crippen LogP contribution is 2.29. The van der Waals surface area contributed by atoms with Crippen LogP contribution in [-0.4, -0.2) is 21.4 Å². The highest BCUT2D eigenvalue weighted by Gasteiger charge is 2.19. The zero-order valence-corrected chi connectivity index (χ0v) is 18.6. The summed E-state index contributed by atoms with van der Waals surface area (Å²) in [4.78, 5) is 12.8. The molecule has 32 heavy (non-hydrogen) atoms. The fourth-order valence-corrected chi connectivity index (χ4v) is 3.80. The van der Waals surface area contributed by atoms with Crippen LogP contribution in [0.15, 0.2) is 88.5 Å². The number of amides is 1. The van der Waals surface area contributed by atoms with Crippen molar-refractivity contribution in [1.82, 2.24) is 10.2 Å². The first kappa shape index (κ1) is 21.6. The summed E-state index contributed by atoms with van der Waals surface area (Å²) in [6, 6.07) is 25.4. The highest BCUT2D eigenvalue weighted by atomic mass is 32.2. The van der Waals surface area contributed by atoms with Crippen LogP contribution in [-0.2, 0) is 11.4 Å². The van der Waals surface area contributed by atoms with E-state index in [0.717, 1.165) is 28.1 Å². The van der Waals surface area contributed by atoms with E-state index in [1.54, 1.807) is 6.92 Å². The number of ether oxygens (including phenoxy) is 1. The number of hydrogen-bond acceptors (Lipinski definition) is 6. The Balaban J connectivity index is 1.36. The molecule has 6 nitrogen and oxygen atoms in total. The SMILES string of the molecule is Cc1cccc(OCc2nnc(SC(C)C(=O)Nc3ccccc3-c3ccccc3)o2)c1. The van der Waals surface area contributed by atoms with Gasteiger partial charge in [0.1, 0.15) is 5.75 Å². The van der Waals surface area contributed by atoms with Gasteiger partial charge in [0.15, 0.2) is 6.61 Å². The Labute approximate surface area is 191 Å². The van der Waals surface area contributed by atoms with Crippen molar-refractivity contribution in [2.24, 2.45) is 0 Å². The maximum absolute atomic E-state index is 12.8. The minimum absolute atomic E-state index is 0.144. The number of carbonyl (C=O) groups is 1. The lowest BCUT2D eigenvalue weighted by Crippen LogP contribution is -2.22. The van der Waals surface area contributed by atoms with Crippen molar-refractivity contribution in [2.45, 2.75) is 30.9 Å². The van der Waals surface area contributed by atoms with Crippen molar-refractivity contribution < 1.29 is 13.9 Å². The number of anilines is 1. The molecule has 162 valence electrons. The number of carbonyl (C=O) groups excluding carboxylic acids is 1. The summed E-state index contributed by atoms with van der Waals surface area (Å²) >= 11 is 1.21. The van der Waals surface area contributed by atoms with E-state index in [4.69, 9.17) is 9.15 Å². The van der Waals surface area contributed by atoms with Crippen LogP contribution in [0.5, 0.6) is 5.75 Å². The minimum atomic E-state index is -0.426. The van der Waals surface area contributed by atoms with Crippen LogP contribution in [0.2, 0.25) is 0 Å². The van der Waals surface area contributed by atoms with Gasteiger partial charge in [0, 0.05) is 11.3 Å². The molecule has 1 amide bonds. The van der Waals surface area contributed by atoms with E-state index in [1.807, 2.05) is 85.8 Å². The summed E-state index contributed by atoms with van der Waals surface area (Å²) in [5, 5.41) is 10.9. The molecule has 0 radical (unpaired) electrons. The second kappa shape index (κ2) is 10.2. The van der Waals surface area contributed by atoms with E-state index in [9.17, 15) is 4.79 Å². The zero-order valence-electron chi connectivity index (χ0n) is 17.8. The number of thioether (sulfide) groups is 1. The number of rotatable bonds is 8. The number of benzene rings is 3. The lowest BCUT2D eigenvalue weighted by atomic mass is 10.0. The minimum Gasteiger partial charge on any atom is -0.484 e. The highest BCUT2D eigenvalue weighted by molar-refractivity contribution is 8.00. The van der Waals surface area contributed by atoms with Gasteiger partial charge in [0.05, 0.1) is 5.25 Å². The van der Waals surface area contributed by atoms with Gasteiger partial charge in [-0.1, -0.05) is 72.4 Å². The molecule has 3 aromatic carbocycles. The van der Waals surface area contributed by atoms with Crippen LogP contribution in [0, 0.1) is 6.92 Å². The van der Waals surface area contributed by atoms with Crippen LogP contribution < -0.4 is 10.1 Å². The van der Waals surface area contributed by atoms with Crippen LogP contribution in [0.1, 0.15) is 18.4 Å². The third-order valence-corrected chi connectivity index (χ3v) is 5.65. The maximum atomic E-state index is 12.8. The Morgan fingerprint density at radius 3 is 2.62 bits per heavy atom. The largest absolute Gasteiger partial charge is 0.484 e. The zero-order chi connectivity index (χ0) is 22.3. The molecule has 0 aliphatic carbocycles. The van der Waals surface area contributed by atoms with Crippen molar-refractivity contribution in [2.75, 3.05) is 5.32 Å². The predicted octanol–water partition coefficient (Wildman–Crippen LogP) is 5.74. The molecule has 1 atom stereocenters. The van der Waals surface area contributed by atoms with E-state index in [0.29, 0.717) is 11.1 Å². The molecule has 4 aromatic rings. The fourth-order valence-electron chi connectivity index (χ4n) is 3.10. The fraction of sp³-hybridized carbons (Fsp3) is 0.160. The van der Waals surface area contributed by atoms with Crippen LogP contribution in [0.4, 0.5) is 5.69 Å². The first-order valence-electron chi connectivity index (χ1n) is 10.2. The average Bonchev–Trinajstić information content (AvgIpc) is 3.26. The van der Waals surface area contributed by atoms with E-state index in [-0.39, 0.29) is 12.5 Å². The van der Waals surface area contributed by atoms with Gasteiger partial charge in [0.2, 0.25) is 5.91 Å². The van der Waals surface area contributed by atoms with Gasteiger partial charge in [-0.25, -0.2) is 0 Å². The summed E-state index contributed by atoms with van der Waals surface area (Å²) in [7, 11) is 0. The molecule has 0 aliphatic rings. The lowest BCUT2D eigenvalue weighted by molar-refractivity contribution is -0.115. The normalized spacial score (nSPS) is 11.7. The molecule has 1 aromatic heterocycles. The molecule has 0 saturated heterocycles. The Hall–Kier alpha value is -3.58. The summed E-state index contributed by atoms with van der Waals surface area (Å²) < 4.78 is 11.3. The van der Waals surface area contributed by atoms with Gasteiger partial charge in [-0.05, 0) is 43.2 Å². The van der Waals surface area contributed by atoms with Crippen molar-refractivity contribution >= 4 is 23.4 Å². The molecule has 0 fully saturated rings. The van der Waals surface area contributed by atoms with E-state index in [1.165, 1.54) is 11.8 Å². The van der Waals surface area contributed by atoms with Gasteiger partial charge in [-0.15, -0.1) is 10.2 Å². The Morgan fingerprint density at radius 1 is 1.03 bits per heavy atom. The third kappa shape index (κ3) is 5.56. The summed E-state index contributed by atoms with van der Waals surface area (Å²) in [5.74, 6) is 0.951. The first-order valence-corrected chi connectivity index (χ1v) is 11.1. The van der Waals surface area contributed by atoms with Crippen molar-refractivity contribution in [3.63, 3.8) is 0 Å². The van der Waals surface area contributed by atoms with Gasteiger partial charge < -0.3 is 14.5 Å². The average molecular weight is 446 g/mol. The smallest absolute Gasteiger partial charge is 0.277 e. The molecular weight excluding hydrogens is 422 g/mol. The Kier molecular flexibility index (Phi) is 6.87. The predicted molar refractivity (Wildman–Crippen MR) is 126 cm³/mol. The van der Waals surface area contributed by atoms with Gasteiger partial charge in [-0.2, -0.15) is 0 Å². The Morgan fingerprint density at radius 2 is 1.81 bits per heavy atom. The Bertz CT molecular complexity index is 1190. The number of aryl methyl sites for hydroxylation is 1. The molecule has 0 aliphatic heterocycles. The topological polar surface area (TPSA) is 77.2 Å². The summed E-state index contributed by atoms with van der Waals surface area (Å²) in [6.07, 6.45) is 0. The van der Waals surface area contributed by atoms with Gasteiger partial charge in [0.25, 0.3) is 11.1 Å². The van der Waals surface area contributed by atoms with Crippen molar-refractivity contribution in [1.29, 1.82) is 0 Å². The molecule has 0 spiro atoms. The number of nitrogens with one attached hydrogen (secondary N) is 1. The molecule has 0 saturated carbocycles. The first-order chi connectivity index (χ1) is 15.6. The van der Waals surface area contributed by atoms with Crippen molar-refractivity contribution in [3.05, 3.63) is 90.3 Å². The van der Waals surface area contributed by atoms with E-state index < -0.39 is 5.25 Å². The molecule has 1 N–H and O–H groups in total. The van der Waals surface area contributed by atoms with Gasteiger partial charge >= 0.3 is 0 Å².